The lowest BCUT2D eigenvalue weighted by Gasteiger charge is -2.27. The van der Waals surface area contributed by atoms with E-state index in [9.17, 15) is 14.4 Å². The standard InChI is InChI=1S/C34H31N5O5S2/c40-30(36-32-37-38-34(45)46-32)21-39(27-14-8-3-9-15-27)31(41)29(35-33(42)44-23-26-12-6-2-7-13-26)20-24-16-18-28(19-17-24)43-22-25-10-4-1-5-11-25/h1-19,29H,20-23H2,(H,35,42)(H,38,45)(H,36,37,40)/t29-/m0/s1. The van der Waals surface area contributed by atoms with Crippen LogP contribution in [0.2, 0.25) is 0 Å². The molecule has 0 aliphatic carbocycles. The molecule has 0 fully saturated rings. The predicted molar refractivity (Wildman–Crippen MR) is 179 cm³/mol. The van der Waals surface area contributed by atoms with Crippen molar-refractivity contribution in [2.75, 3.05) is 16.8 Å². The highest BCUT2D eigenvalue weighted by atomic mass is 32.1. The minimum Gasteiger partial charge on any atom is -0.489 e. The Balaban J connectivity index is 1.34. The van der Waals surface area contributed by atoms with E-state index in [1.165, 1.54) is 4.90 Å². The predicted octanol–water partition coefficient (Wildman–Crippen LogP) is 6.29. The third-order valence-electron chi connectivity index (χ3n) is 6.73. The van der Waals surface area contributed by atoms with Crippen molar-refractivity contribution in [3.63, 3.8) is 0 Å². The fourth-order valence-corrected chi connectivity index (χ4v) is 5.29. The number of ether oxygens (including phenoxy) is 2. The molecule has 0 aliphatic heterocycles. The summed E-state index contributed by atoms with van der Waals surface area (Å²) < 4.78 is 11.8. The van der Waals surface area contributed by atoms with Crippen molar-refractivity contribution in [3.05, 3.63) is 136 Å². The summed E-state index contributed by atoms with van der Waals surface area (Å²) in [5.74, 6) is -0.327. The molecule has 5 rings (SSSR count). The molecule has 3 N–H and O–H groups in total. The minimum atomic E-state index is -1.07. The van der Waals surface area contributed by atoms with Crippen LogP contribution in [0.4, 0.5) is 15.6 Å². The van der Waals surface area contributed by atoms with Gasteiger partial charge in [-0.3, -0.25) is 20.0 Å². The van der Waals surface area contributed by atoms with Crippen LogP contribution in [0.5, 0.6) is 5.75 Å². The smallest absolute Gasteiger partial charge is 0.408 e. The Bertz CT molecular complexity index is 1780. The second-order valence-electron chi connectivity index (χ2n) is 10.1. The second kappa shape index (κ2) is 16.1. The first-order valence-corrected chi connectivity index (χ1v) is 15.6. The van der Waals surface area contributed by atoms with Gasteiger partial charge in [-0.05, 0) is 53.2 Å². The molecule has 234 valence electrons. The molecular weight excluding hydrogens is 623 g/mol. The van der Waals surface area contributed by atoms with E-state index < -0.39 is 23.9 Å². The largest absolute Gasteiger partial charge is 0.489 e. The van der Waals surface area contributed by atoms with Gasteiger partial charge in [0.05, 0.1) is 0 Å². The number of H-pyrrole nitrogens is 1. The number of amides is 3. The maximum absolute atomic E-state index is 14.2. The van der Waals surface area contributed by atoms with E-state index in [-0.39, 0.29) is 24.7 Å². The number of hydrogen-bond acceptors (Lipinski definition) is 8. The number of anilines is 2. The number of benzene rings is 4. The van der Waals surface area contributed by atoms with Gasteiger partial charge in [0.25, 0.3) is 5.91 Å². The van der Waals surface area contributed by atoms with E-state index in [2.05, 4.69) is 20.8 Å². The van der Waals surface area contributed by atoms with E-state index in [0.29, 0.717) is 22.0 Å². The zero-order chi connectivity index (χ0) is 32.1. The van der Waals surface area contributed by atoms with Crippen LogP contribution in [0.15, 0.2) is 115 Å². The summed E-state index contributed by atoms with van der Waals surface area (Å²) in [6.07, 6.45) is -0.636. The molecule has 0 spiro atoms. The number of nitrogens with one attached hydrogen (secondary N) is 3. The van der Waals surface area contributed by atoms with E-state index in [4.69, 9.17) is 21.7 Å². The number of alkyl carbamates (subject to hydrolysis) is 1. The Morgan fingerprint density at radius 1 is 0.804 bits per heavy atom. The van der Waals surface area contributed by atoms with Crippen LogP contribution < -0.4 is 20.3 Å². The Morgan fingerprint density at radius 3 is 2.02 bits per heavy atom. The number of hydrogen-bond donors (Lipinski definition) is 3. The summed E-state index contributed by atoms with van der Waals surface area (Å²) in [6, 6.07) is 34.0. The number of para-hydroxylation sites is 1. The average molecular weight is 654 g/mol. The van der Waals surface area contributed by atoms with Crippen molar-refractivity contribution in [3.8, 4) is 5.75 Å². The first-order chi connectivity index (χ1) is 22.4. The molecule has 1 aromatic heterocycles. The highest BCUT2D eigenvalue weighted by Gasteiger charge is 2.29. The van der Waals surface area contributed by atoms with Crippen LogP contribution in [0.3, 0.4) is 0 Å². The Labute approximate surface area is 275 Å². The lowest BCUT2D eigenvalue weighted by atomic mass is 10.0. The molecule has 0 unspecified atom stereocenters. The quantitative estimate of drug-likeness (QED) is 0.128. The van der Waals surface area contributed by atoms with E-state index in [0.717, 1.165) is 28.0 Å². The van der Waals surface area contributed by atoms with Crippen molar-refractivity contribution in [2.45, 2.75) is 25.7 Å². The van der Waals surface area contributed by atoms with Gasteiger partial charge < -0.3 is 19.7 Å². The molecule has 1 atom stereocenters. The zero-order valence-electron chi connectivity index (χ0n) is 24.6. The van der Waals surface area contributed by atoms with E-state index in [1.807, 2.05) is 84.9 Å². The molecule has 0 bridgehead atoms. The van der Waals surface area contributed by atoms with Gasteiger partial charge in [-0.25, -0.2) is 4.79 Å². The highest BCUT2D eigenvalue weighted by molar-refractivity contribution is 7.73. The van der Waals surface area contributed by atoms with Crippen molar-refractivity contribution in [2.24, 2.45) is 0 Å². The summed E-state index contributed by atoms with van der Waals surface area (Å²) in [7, 11) is 0. The van der Waals surface area contributed by atoms with E-state index >= 15 is 0 Å². The molecule has 46 heavy (non-hydrogen) atoms. The van der Waals surface area contributed by atoms with Gasteiger partial charge in [-0.1, -0.05) is 102 Å². The molecule has 0 saturated carbocycles. The molecule has 0 saturated heterocycles. The number of rotatable bonds is 13. The highest BCUT2D eigenvalue weighted by Crippen LogP contribution is 2.20. The summed E-state index contributed by atoms with van der Waals surface area (Å²) in [4.78, 5) is 41.6. The van der Waals surface area contributed by atoms with Crippen molar-refractivity contribution < 1.29 is 23.9 Å². The molecule has 10 nitrogen and oxygen atoms in total. The number of aromatic amines is 1. The van der Waals surface area contributed by atoms with Crippen molar-refractivity contribution >= 4 is 52.3 Å². The van der Waals surface area contributed by atoms with Gasteiger partial charge in [0, 0.05) is 12.1 Å². The topological polar surface area (TPSA) is 126 Å². The first-order valence-electron chi connectivity index (χ1n) is 14.4. The SMILES string of the molecule is O=C(CN(C(=O)[C@H](Cc1ccc(OCc2ccccc2)cc1)NC(=O)OCc1ccccc1)c1ccccc1)Nc1n[nH]c(=S)s1. The van der Waals surface area contributed by atoms with Crippen molar-refractivity contribution in [1.82, 2.24) is 15.5 Å². The van der Waals surface area contributed by atoms with Gasteiger partial charge in [-0.15, -0.1) is 5.10 Å². The van der Waals surface area contributed by atoms with Crippen LogP contribution in [-0.2, 0) is 34.0 Å². The number of carbonyl (C=O) groups is 3. The Morgan fingerprint density at radius 2 is 1.41 bits per heavy atom. The Kier molecular flexibility index (Phi) is 11.2. The minimum absolute atomic E-state index is 0.0293. The summed E-state index contributed by atoms with van der Waals surface area (Å²) in [5, 5.41) is 12.3. The third kappa shape index (κ3) is 9.58. The third-order valence-corrected chi connectivity index (χ3v) is 7.74. The van der Waals surface area contributed by atoms with Crippen molar-refractivity contribution in [1.29, 1.82) is 0 Å². The maximum atomic E-state index is 14.2. The molecule has 0 aliphatic rings. The average Bonchev–Trinajstić information content (AvgIpc) is 3.50. The second-order valence-corrected chi connectivity index (χ2v) is 11.8. The summed E-state index contributed by atoms with van der Waals surface area (Å²) >= 11 is 6.15. The fraction of sp³-hybridized carbons (Fsp3) is 0.147. The van der Waals surface area contributed by atoms with Crippen LogP contribution in [0.25, 0.3) is 0 Å². The molecular formula is C34H31N5O5S2. The number of aromatic nitrogens is 2. The van der Waals surface area contributed by atoms with Crippen LogP contribution >= 0.6 is 23.6 Å². The number of carbonyl (C=O) groups excluding carboxylic acids is 3. The molecule has 5 aromatic rings. The van der Waals surface area contributed by atoms with Gasteiger partial charge in [0.15, 0.2) is 3.95 Å². The molecule has 3 amide bonds. The first kappa shape index (κ1) is 32.1. The molecule has 1 heterocycles. The normalized spacial score (nSPS) is 11.2. The van der Waals surface area contributed by atoms with Crippen LogP contribution in [0, 0.1) is 3.95 Å². The summed E-state index contributed by atoms with van der Waals surface area (Å²) in [6.45, 7) is 0.108. The van der Waals surface area contributed by atoms with Gasteiger partial charge in [0.1, 0.15) is 31.5 Å². The van der Waals surface area contributed by atoms with Gasteiger partial charge in [0.2, 0.25) is 11.0 Å². The van der Waals surface area contributed by atoms with Crippen LogP contribution in [-0.4, -0.2) is 40.7 Å². The molecule has 4 aromatic carbocycles. The van der Waals surface area contributed by atoms with Crippen LogP contribution in [0.1, 0.15) is 16.7 Å². The molecule has 12 heteroatoms. The number of nitrogens with zero attached hydrogens (tertiary/aromatic N) is 2. The fourth-order valence-electron chi connectivity index (χ4n) is 4.48. The van der Waals surface area contributed by atoms with Gasteiger partial charge in [-0.2, -0.15) is 0 Å². The maximum Gasteiger partial charge on any atom is 0.408 e. The zero-order valence-corrected chi connectivity index (χ0v) is 26.3. The molecule has 0 radical (unpaired) electrons. The monoisotopic (exact) mass is 653 g/mol. The lowest BCUT2D eigenvalue weighted by Crippen LogP contribution is -2.51. The Hall–Kier alpha value is -5.33. The summed E-state index contributed by atoms with van der Waals surface area (Å²) in [5.41, 5.74) is 3.09. The van der Waals surface area contributed by atoms with Gasteiger partial charge >= 0.3 is 6.09 Å². The lowest BCUT2D eigenvalue weighted by molar-refractivity contribution is -0.123. The van der Waals surface area contributed by atoms with E-state index in [1.54, 1.807) is 30.3 Å².